The van der Waals surface area contributed by atoms with E-state index in [1.54, 1.807) is 0 Å². The molecule has 17 nitrogen and oxygen atoms in total. The number of hydrogen-bond donors (Lipinski definition) is 3. The second kappa shape index (κ2) is 55.2. The van der Waals surface area contributed by atoms with Gasteiger partial charge in [0.25, 0.3) is 0 Å². The summed E-state index contributed by atoms with van der Waals surface area (Å²) >= 11 is 0. The average molecular weight is 1240 g/mol. The minimum absolute atomic E-state index is 0.103. The SMILES string of the molecule is CCC(C)CCCCCCCCC(=O)OC[C@H](COP(=O)(O)OC[C@H](O)COP(=O)(O)OC[C@@H](COC(=O)CCCCCCCCCC(C)C)OC(=O)CCCCCCCCCCCCC(C)C)OC(=O)CCCCCCCCCCC(C)C. The molecule has 0 amide bonds. The van der Waals surface area contributed by atoms with E-state index in [1.165, 1.54) is 103 Å². The quantitative estimate of drug-likeness (QED) is 0.0222. The fourth-order valence-electron chi connectivity index (χ4n) is 9.57. The summed E-state index contributed by atoms with van der Waals surface area (Å²) in [5.74, 6) is 0.766. The summed E-state index contributed by atoms with van der Waals surface area (Å²) in [6.07, 6.45) is 35.0. The molecule has 19 heteroatoms. The Morgan fingerprint density at radius 2 is 0.571 bits per heavy atom. The summed E-state index contributed by atoms with van der Waals surface area (Å²) in [6.45, 7) is 14.0. The number of hydrogen-bond acceptors (Lipinski definition) is 15. The zero-order chi connectivity index (χ0) is 62.5. The normalized spacial score (nSPS) is 14.7. The van der Waals surface area contributed by atoms with Crippen LogP contribution in [0.15, 0.2) is 0 Å². The number of phosphoric acid groups is 2. The predicted octanol–water partition coefficient (Wildman–Crippen LogP) is 17.8. The zero-order valence-corrected chi connectivity index (χ0v) is 56.3. The summed E-state index contributed by atoms with van der Waals surface area (Å²) in [7, 11) is -9.89. The van der Waals surface area contributed by atoms with Gasteiger partial charge in [0.2, 0.25) is 0 Å². The molecule has 0 aliphatic heterocycles. The highest BCUT2D eigenvalue weighted by atomic mass is 31.2. The van der Waals surface area contributed by atoms with Crippen LogP contribution in [0.2, 0.25) is 0 Å². The molecule has 0 radical (unpaired) electrons. The van der Waals surface area contributed by atoms with E-state index < -0.39 is 97.5 Å². The van der Waals surface area contributed by atoms with Gasteiger partial charge in [0, 0.05) is 25.7 Å². The molecule has 0 saturated carbocycles. The van der Waals surface area contributed by atoms with Gasteiger partial charge in [-0.1, -0.05) is 261 Å². The molecule has 0 spiro atoms. The molecule has 498 valence electrons. The molecule has 0 rings (SSSR count). The van der Waals surface area contributed by atoms with E-state index in [-0.39, 0.29) is 25.7 Å². The summed E-state index contributed by atoms with van der Waals surface area (Å²) in [5.41, 5.74) is 0. The van der Waals surface area contributed by atoms with Gasteiger partial charge in [-0.3, -0.25) is 37.3 Å². The van der Waals surface area contributed by atoms with Gasteiger partial charge >= 0.3 is 39.5 Å². The smallest absolute Gasteiger partial charge is 0.462 e. The van der Waals surface area contributed by atoms with Gasteiger partial charge in [0.15, 0.2) is 12.2 Å². The fourth-order valence-corrected chi connectivity index (χ4v) is 11.2. The van der Waals surface area contributed by atoms with Crippen LogP contribution in [0.25, 0.3) is 0 Å². The molecule has 0 aromatic carbocycles. The Morgan fingerprint density at radius 3 is 0.845 bits per heavy atom. The van der Waals surface area contributed by atoms with Gasteiger partial charge in [0.05, 0.1) is 26.4 Å². The Bertz CT molecular complexity index is 1680. The van der Waals surface area contributed by atoms with Crippen LogP contribution in [0, 0.1) is 23.7 Å². The van der Waals surface area contributed by atoms with Crippen molar-refractivity contribution in [3.05, 3.63) is 0 Å². The van der Waals surface area contributed by atoms with E-state index in [2.05, 4.69) is 55.4 Å². The first-order valence-corrected chi connectivity index (χ1v) is 36.7. The lowest BCUT2D eigenvalue weighted by Crippen LogP contribution is -2.30. The van der Waals surface area contributed by atoms with Crippen LogP contribution in [-0.4, -0.2) is 96.7 Å². The lowest BCUT2D eigenvalue weighted by molar-refractivity contribution is -0.161. The van der Waals surface area contributed by atoms with Gasteiger partial charge in [0.1, 0.15) is 19.3 Å². The molecule has 0 saturated heterocycles. The van der Waals surface area contributed by atoms with Crippen LogP contribution in [0.5, 0.6) is 0 Å². The third-order valence-electron chi connectivity index (χ3n) is 15.2. The molecule has 0 fully saturated rings. The zero-order valence-electron chi connectivity index (χ0n) is 54.5. The number of ether oxygens (including phenoxy) is 4. The first-order valence-electron chi connectivity index (χ1n) is 33.7. The van der Waals surface area contributed by atoms with E-state index in [4.69, 9.17) is 37.0 Å². The van der Waals surface area contributed by atoms with Crippen molar-refractivity contribution in [1.29, 1.82) is 0 Å². The van der Waals surface area contributed by atoms with Crippen LogP contribution in [0.4, 0.5) is 0 Å². The first kappa shape index (κ1) is 82.1. The number of phosphoric ester groups is 2. The highest BCUT2D eigenvalue weighted by molar-refractivity contribution is 7.47. The summed E-state index contributed by atoms with van der Waals surface area (Å²) in [6, 6.07) is 0. The molecule has 84 heavy (non-hydrogen) atoms. The maximum atomic E-state index is 13.0. The minimum Gasteiger partial charge on any atom is -0.462 e. The molecule has 0 heterocycles. The Hall–Kier alpha value is -1.94. The lowest BCUT2D eigenvalue weighted by atomic mass is 10.00. The monoisotopic (exact) mass is 1240 g/mol. The molecule has 0 aromatic heterocycles. The molecule has 0 aliphatic rings. The lowest BCUT2D eigenvalue weighted by Gasteiger charge is -2.21. The fraction of sp³-hybridized carbons (Fsp3) is 0.938. The second-order valence-electron chi connectivity index (χ2n) is 25.2. The molecule has 6 atom stereocenters. The average Bonchev–Trinajstić information content (AvgIpc) is 3.47. The largest absolute Gasteiger partial charge is 0.472 e. The van der Waals surface area contributed by atoms with Crippen molar-refractivity contribution in [3.8, 4) is 0 Å². The van der Waals surface area contributed by atoms with Gasteiger partial charge < -0.3 is 33.8 Å². The van der Waals surface area contributed by atoms with E-state index in [1.807, 2.05) is 0 Å². The predicted molar refractivity (Wildman–Crippen MR) is 335 cm³/mol. The Labute approximate surface area is 511 Å². The third kappa shape index (κ3) is 57.8. The highest BCUT2D eigenvalue weighted by Crippen LogP contribution is 2.45. The van der Waals surface area contributed by atoms with Crippen LogP contribution < -0.4 is 0 Å². The summed E-state index contributed by atoms with van der Waals surface area (Å²) in [5, 5.41) is 10.5. The molecule has 0 aliphatic carbocycles. The van der Waals surface area contributed by atoms with E-state index >= 15 is 0 Å². The standard InChI is InChI=1S/C65H126O17P2/c1-9-58(8)44-36-28-23-24-30-38-46-63(68)76-52-61(82-65(70)48-40-32-21-15-14-18-26-34-42-56(4)5)54-80-84(73,74)78-50-59(66)49-77-83(71,72)79-53-60(51-75-62(67)45-37-29-22-16-19-27-35-43-57(6)7)81-64(69)47-39-31-20-13-11-10-12-17-25-33-41-55(2)3/h55-61,66H,9-54H2,1-8H3,(H,71,72)(H,73,74)/t58?,59-,60-,61-/m1/s1. The van der Waals surface area contributed by atoms with Crippen molar-refractivity contribution in [3.63, 3.8) is 0 Å². The van der Waals surface area contributed by atoms with Crippen LogP contribution in [0.1, 0.15) is 312 Å². The van der Waals surface area contributed by atoms with Crippen molar-refractivity contribution in [1.82, 2.24) is 0 Å². The van der Waals surface area contributed by atoms with Crippen molar-refractivity contribution in [2.45, 2.75) is 331 Å². The van der Waals surface area contributed by atoms with Gasteiger partial charge in [-0.25, -0.2) is 9.13 Å². The number of aliphatic hydroxyl groups excluding tert-OH is 1. The molecular weight excluding hydrogens is 1110 g/mol. The number of aliphatic hydroxyl groups is 1. The minimum atomic E-state index is -4.95. The number of unbranched alkanes of at least 4 members (excludes halogenated alkanes) is 27. The molecule has 3 unspecified atom stereocenters. The number of esters is 4. The van der Waals surface area contributed by atoms with Crippen molar-refractivity contribution < 1.29 is 80.2 Å². The van der Waals surface area contributed by atoms with Crippen molar-refractivity contribution in [2.75, 3.05) is 39.6 Å². The van der Waals surface area contributed by atoms with E-state index in [0.717, 1.165) is 120 Å². The Balaban J connectivity index is 5.26. The Kier molecular flexibility index (Phi) is 53.9. The van der Waals surface area contributed by atoms with Crippen LogP contribution in [0.3, 0.4) is 0 Å². The topological polar surface area (TPSA) is 237 Å². The highest BCUT2D eigenvalue weighted by Gasteiger charge is 2.30. The van der Waals surface area contributed by atoms with Gasteiger partial charge in [-0.15, -0.1) is 0 Å². The van der Waals surface area contributed by atoms with Crippen LogP contribution >= 0.6 is 15.6 Å². The van der Waals surface area contributed by atoms with Gasteiger partial charge in [-0.2, -0.15) is 0 Å². The van der Waals surface area contributed by atoms with Crippen LogP contribution in [-0.2, 0) is 65.4 Å². The maximum Gasteiger partial charge on any atom is 0.472 e. The maximum absolute atomic E-state index is 13.0. The summed E-state index contributed by atoms with van der Waals surface area (Å²) < 4.78 is 68.0. The van der Waals surface area contributed by atoms with E-state index in [9.17, 15) is 43.2 Å². The first-order chi connectivity index (χ1) is 40.1. The second-order valence-corrected chi connectivity index (χ2v) is 28.1. The van der Waals surface area contributed by atoms with Crippen molar-refractivity contribution >= 4 is 39.5 Å². The van der Waals surface area contributed by atoms with Crippen molar-refractivity contribution in [2.24, 2.45) is 23.7 Å². The van der Waals surface area contributed by atoms with E-state index in [0.29, 0.717) is 31.6 Å². The summed E-state index contributed by atoms with van der Waals surface area (Å²) in [4.78, 5) is 72.3. The molecule has 3 N–H and O–H groups in total. The number of rotatable bonds is 62. The number of carbonyl (C=O) groups excluding carboxylic acids is 4. The molecule has 0 aromatic rings. The molecule has 0 bridgehead atoms. The number of carbonyl (C=O) groups is 4. The third-order valence-corrected chi connectivity index (χ3v) is 17.1. The Morgan fingerprint density at radius 1 is 0.333 bits per heavy atom. The molecular formula is C65H126O17P2. The van der Waals surface area contributed by atoms with Gasteiger partial charge in [-0.05, 0) is 49.4 Å².